The normalized spacial score (nSPS) is 10.9. The zero-order chi connectivity index (χ0) is 39.7. The third-order valence-corrected chi connectivity index (χ3v) is 11.9. The van der Waals surface area contributed by atoms with E-state index < -0.39 is 7.92 Å². The minimum absolute atomic E-state index is 0.614. The highest BCUT2D eigenvalue weighted by molar-refractivity contribution is 7.79. The first kappa shape index (κ1) is 42.2. The van der Waals surface area contributed by atoms with Gasteiger partial charge in [-0.05, 0) is 118 Å². The molecule has 0 aliphatic carbocycles. The van der Waals surface area contributed by atoms with E-state index in [9.17, 15) is 0 Å². The third kappa shape index (κ3) is 15.1. The van der Waals surface area contributed by atoms with Gasteiger partial charge in [-0.1, -0.05) is 109 Å². The van der Waals surface area contributed by atoms with Crippen LogP contribution in [0.5, 0.6) is 34.5 Å². The van der Waals surface area contributed by atoms with E-state index in [0.29, 0.717) is 39.6 Å². The summed E-state index contributed by atoms with van der Waals surface area (Å²) in [5, 5.41) is 4.00. The van der Waals surface area contributed by atoms with Crippen molar-refractivity contribution in [2.75, 3.05) is 39.6 Å². The molecule has 6 aromatic carbocycles. The van der Waals surface area contributed by atoms with E-state index in [1.165, 1.54) is 15.9 Å². The topological polar surface area (TPSA) is 55.4 Å². The average molecular weight is 797 g/mol. The number of hydrogen-bond donors (Lipinski definition) is 0. The molecule has 0 bridgehead atoms. The van der Waals surface area contributed by atoms with Gasteiger partial charge >= 0.3 is 0 Å². The minimum Gasteiger partial charge on any atom is -0.494 e. The summed E-state index contributed by atoms with van der Waals surface area (Å²) in [6.07, 6.45) is 8.79. The maximum absolute atomic E-state index is 6.23. The van der Waals surface area contributed by atoms with E-state index in [0.717, 1.165) is 92.3 Å². The number of hydrogen-bond acceptors (Lipinski definition) is 6. The van der Waals surface area contributed by atoms with Crippen molar-refractivity contribution in [3.63, 3.8) is 0 Å². The van der Waals surface area contributed by atoms with E-state index in [-0.39, 0.29) is 0 Å². The van der Waals surface area contributed by atoms with Crippen LogP contribution in [0.2, 0.25) is 0 Å². The number of unbranched alkanes of at least 4 members (excludes halogenated alkanes) is 6. The molecule has 7 heteroatoms. The van der Waals surface area contributed by atoms with Crippen LogP contribution in [-0.2, 0) is 0 Å². The predicted octanol–water partition coefficient (Wildman–Crippen LogP) is 11.3. The number of para-hydroxylation sites is 2. The molecule has 0 saturated heterocycles. The van der Waals surface area contributed by atoms with Crippen LogP contribution < -0.4 is 44.3 Å². The molecule has 58 heavy (non-hydrogen) atoms. The van der Waals surface area contributed by atoms with Gasteiger partial charge in [-0.25, -0.2) is 0 Å². The van der Waals surface area contributed by atoms with E-state index in [1.54, 1.807) is 0 Å². The van der Waals surface area contributed by atoms with Crippen molar-refractivity contribution in [1.82, 2.24) is 0 Å². The summed E-state index contributed by atoms with van der Waals surface area (Å²) in [6, 6.07) is 56.0. The lowest BCUT2D eigenvalue weighted by Crippen LogP contribution is -2.20. The Labute approximate surface area is 346 Å². The third-order valence-electron chi connectivity index (χ3n) is 9.44. The summed E-state index contributed by atoms with van der Waals surface area (Å²) in [7, 11) is -0.625. The summed E-state index contributed by atoms with van der Waals surface area (Å²) < 4.78 is 36.4. The Kier molecular flexibility index (Phi) is 18.2. The van der Waals surface area contributed by atoms with Gasteiger partial charge in [0, 0.05) is 18.2 Å². The van der Waals surface area contributed by atoms with Crippen LogP contribution in [0.3, 0.4) is 0 Å². The standard InChI is InChI=1S/C51H57O6P/c1-8-22-43(23-9-1)52-34-16-5-19-37-55-46-40-47(56-38-20-6-17-35-53-44-24-10-2-11-25-44)42-48(41-46)57-39-21-7-18-36-54-45-30-32-51(33-31-45)58(49-26-12-3-13-27-49)50-28-14-4-15-29-50/h1-4,8-15,22-33,40-42H,5-7,16-21,34-39H2. The first-order valence-electron chi connectivity index (χ1n) is 20.8. The number of rotatable bonds is 27. The monoisotopic (exact) mass is 796 g/mol. The zero-order valence-electron chi connectivity index (χ0n) is 33.6. The molecule has 0 aliphatic heterocycles. The highest BCUT2D eigenvalue weighted by Crippen LogP contribution is 2.33. The zero-order valence-corrected chi connectivity index (χ0v) is 34.5. The van der Waals surface area contributed by atoms with Gasteiger partial charge in [-0.3, -0.25) is 0 Å². The Morgan fingerprint density at radius 1 is 0.241 bits per heavy atom. The largest absolute Gasteiger partial charge is 0.494 e. The Balaban J connectivity index is 0.909. The van der Waals surface area contributed by atoms with Crippen LogP contribution in [0.15, 0.2) is 164 Å². The van der Waals surface area contributed by atoms with Gasteiger partial charge in [0.05, 0.1) is 39.6 Å². The van der Waals surface area contributed by atoms with Crippen molar-refractivity contribution in [3.05, 3.63) is 164 Å². The summed E-state index contributed by atoms with van der Waals surface area (Å²) in [5.41, 5.74) is 0. The van der Waals surface area contributed by atoms with Crippen LogP contribution in [0.1, 0.15) is 57.8 Å². The highest BCUT2D eigenvalue weighted by Gasteiger charge is 2.16. The molecular weight excluding hydrogens is 740 g/mol. The Morgan fingerprint density at radius 2 is 0.500 bits per heavy atom. The van der Waals surface area contributed by atoms with E-state index >= 15 is 0 Å². The van der Waals surface area contributed by atoms with E-state index in [2.05, 4.69) is 84.9 Å². The van der Waals surface area contributed by atoms with Crippen molar-refractivity contribution in [2.24, 2.45) is 0 Å². The first-order chi connectivity index (χ1) is 28.8. The molecule has 0 radical (unpaired) electrons. The van der Waals surface area contributed by atoms with Crippen molar-refractivity contribution in [3.8, 4) is 34.5 Å². The SMILES string of the molecule is c1ccc(OCCCCCOc2cc(OCCCCCOc3ccccc3)cc(OCCCCCOc3ccc(P(c4ccccc4)c4ccccc4)cc3)c2)cc1. The fraction of sp³-hybridized carbons (Fsp3) is 0.294. The molecule has 0 unspecified atom stereocenters. The van der Waals surface area contributed by atoms with Crippen LogP contribution in [0, 0.1) is 0 Å². The molecule has 0 fully saturated rings. The molecule has 0 aromatic heterocycles. The molecule has 0 aliphatic rings. The average Bonchev–Trinajstić information content (AvgIpc) is 3.27. The van der Waals surface area contributed by atoms with Crippen molar-refractivity contribution in [2.45, 2.75) is 57.8 Å². The molecule has 0 heterocycles. The van der Waals surface area contributed by atoms with Gasteiger partial charge in [-0.15, -0.1) is 0 Å². The first-order valence-corrected chi connectivity index (χ1v) is 22.2. The quantitative estimate of drug-likeness (QED) is 0.0382. The Morgan fingerprint density at radius 3 is 0.828 bits per heavy atom. The van der Waals surface area contributed by atoms with Crippen LogP contribution >= 0.6 is 7.92 Å². The predicted molar refractivity (Wildman–Crippen MR) is 239 cm³/mol. The van der Waals surface area contributed by atoms with Crippen LogP contribution in [-0.4, -0.2) is 39.6 Å². The summed E-state index contributed by atoms with van der Waals surface area (Å²) >= 11 is 0. The molecule has 0 spiro atoms. The lowest BCUT2D eigenvalue weighted by molar-refractivity contribution is 0.263. The lowest BCUT2D eigenvalue weighted by atomic mass is 10.2. The molecule has 6 aromatic rings. The summed E-state index contributed by atoms with van der Waals surface area (Å²) in [4.78, 5) is 0. The molecule has 0 amide bonds. The van der Waals surface area contributed by atoms with Crippen LogP contribution in [0.4, 0.5) is 0 Å². The molecular formula is C51H57O6P. The van der Waals surface area contributed by atoms with E-state index in [4.69, 9.17) is 28.4 Å². The maximum atomic E-state index is 6.23. The fourth-order valence-corrected chi connectivity index (χ4v) is 8.69. The number of benzene rings is 6. The highest BCUT2D eigenvalue weighted by atomic mass is 31.1. The van der Waals surface area contributed by atoms with Gasteiger partial charge in [0.15, 0.2) is 0 Å². The molecule has 6 nitrogen and oxygen atoms in total. The van der Waals surface area contributed by atoms with Gasteiger partial charge in [0.2, 0.25) is 0 Å². The maximum Gasteiger partial charge on any atom is 0.126 e. The summed E-state index contributed by atoms with van der Waals surface area (Å²) in [6.45, 7) is 3.94. The lowest BCUT2D eigenvalue weighted by Gasteiger charge is -2.19. The Bertz CT molecular complexity index is 1850. The fourth-order valence-electron chi connectivity index (χ4n) is 6.40. The van der Waals surface area contributed by atoms with Crippen LogP contribution in [0.25, 0.3) is 0 Å². The molecule has 6 rings (SSSR count). The second kappa shape index (κ2) is 25.0. The summed E-state index contributed by atoms with van der Waals surface area (Å²) in [5.74, 6) is 5.03. The van der Waals surface area contributed by atoms with Crippen molar-refractivity contribution >= 4 is 23.8 Å². The van der Waals surface area contributed by atoms with E-state index in [1.807, 2.05) is 78.9 Å². The second-order valence-electron chi connectivity index (χ2n) is 14.0. The van der Waals surface area contributed by atoms with Crippen molar-refractivity contribution < 1.29 is 28.4 Å². The molecule has 302 valence electrons. The molecule has 0 saturated carbocycles. The van der Waals surface area contributed by atoms with Crippen molar-refractivity contribution in [1.29, 1.82) is 0 Å². The number of ether oxygens (including phenoxy) is 6. The van der Waals surface area contributed by atoms with Gasteiger partial charge < -0.3 is 28.4 Å². The van der Waals surface area contributed by atoms with Gasteiger partial charge in [-0.2, -0.15) is 0 Å². The Hall–Kier alpha value is -5.45. The second-order valence-corrected chi connectivity index (χ2v) is 16.3. The van der Waals surface area contributed by atoms with Gasteiger partial charge in [0.25, 0.3) is 0 Å². The smallest absolute Gasteiger partial charge is 0.126 e. The molecule has 0 atom stereocenters. The van der Waals surface area contributed by atoms with Gasteiger partial charge in [0.1, 0.15) is 34.5 Å². The molecule has 0 N–H and O–H groups in total. The minimum atomic E-state index is -0.625.